The zero-order valence-electron chi connectivity index (χ0n) is 11.2. The van der Waals surface area contributed by atoms with Gasteiger partial charge in [-0.15, -0.1) is 0 Å². The Hall–Kier alpha value is -1.30. The second kappa shape index (κ2) is 7.47. The van der Waals surface area contributed by atoms with Crippen LogP contribution in [0.3, 0.4) is 0 Å². The van der Waals surface area contributed by atoms with Crippen molar-refractivity contribution in [3.05, 3.63) is 28.8 Å². The van der Waals surface area contributed by atoms with Crippen LogP contribution in [0.4, 0.5) is 0 Å². The number of hydrogen-bond donors (Lipinski definition) is 2. The fourth-order valence-electron chi connectivity index (χ4n) is 2.04. The Morgan fingerprint density at radius 1 is 1.45 bits per heavy atom. The molecule has 0 spiro atoms. The summed E-state index contributed by atoms with van der Waals surface area (Å²) in [5, 5.41) is 3.48. The van der Waals surface area contributed by atoms with Gasteiger partial charge >= 0.3 is 0 Å². The van der Waals surface area contributed by atoms with Crippen molar-refractivity contribution in [2.45, 2.75) is 25.4 Å². The third-order valence-corrected chi connectivity index (χ3v) is 3.55. The average molecular weight is 299 g/mol. The molecule has 0 saturated carbocycles. The zero-order chi connectivity index (χ0) is 14.4. The molecular formula is C14H19ClN2O3. The van der Waals surface area contributed by atoms with E-state index in [1.807, 2.05) is 0 Å². The first kappa shape index (κ1) is 15.1. The number of ether oxygens (including phenoxy) is 2. The topological polar surface area (TPSA) is 73.6 Å². The van der Waals surface area contributed by atoms with Gasteiger partial charge in [-0.25, -0.2) is 0 Å². The van der Waals surface area contributed by atoms with Gasteiger partial charge in [0.1, 0.15) is 5.75 Å². The Morgan fingerprint density at radius 2 is 2.20 bits per heavy atom. The quantitative estimate of drug-likeness (QED) is 0.863. The number of nitrogens with one attached hydrogen (secondary N) is 1. The fraction of sp³-hybridized carbons (Fsp3) is 0.500. The zero-order valence-corrected chi connectivity index (χ0v) is 12.0. The largest absolute Gasteiger partial charge is 0.484 e. The smallest absolute Gasteiger partial charge is 0.258 e. The number of nitrogens with two attached hydrogens (primary N) is 1. The minimum Gasteiger partial charge on any atom is -0.484 e. The lowest BCUT2D eigenvalue weighted by Gasteiger charge is -2.23. The molecule has 1 aliphatic rings. The minimum absolute atomic E-state index is 0.0182. The van der Waals surface area contributed by atoms with Crippen LogP contribution < -0.4 is 15.8 Å². The molecule has 1 saturated heterocycles. The van der Waals surface area contributed by atoms with Crippen molar-refractivity contribution in [3.8, 4) is 5.75 Å². The van der Waals surface area contributed by atoms with E-state index in [4.69, 9.17) is 26.8 Å². The number of carbonyl (C=O) groups is 1. The Balaban J connectivity index is 1.79. The Morgan fingerprint density at radius 3 is 2.85 bits per heavy atom. The summed E-state index contributed by atoms with van der Waals surface area (Å²) in [4.78, 5) is 11.8. The van der Waals surface area contributed by atoms with Gasteiger partial charge in [-0.05, 0) is 30.5 Å². The monoisotopic (exact) mass is 298 g/mol. The summed E-state index contributed by atoms with van der Waals surface area (Å²) >= 11 is 6.03. The van der Waals surface area contributed by atoms with Crippen molar-refractivity contribution in [1.82, 2.24) is 5.32 Å². The Labute approximate surface area is 123 Å². The summed E-state index contributed by atoms with van der Waals surface area (Å²) in [6, 6.07) is 5.41. The van der Waals surface area contributed by atoms with Crippen molar-refractivity contribution in [1.29, 1.82) is 0 Å². The van der Waals surface area contributed by atoms with E-state index in [9.17, 15) is 4.79 Å². The lowest BCUT2D eigenvalue weighted by molar-refractivity contribution is -0.124. The third kappa shape index (κ3) is 4.37. The average Bonchev–Trinajstić information content (AvgIpc) is 2.46. The molecule has 1 aromatic carbocycles. The maximum Gasteiger partial charge on any atom is 0.258 e. The molecule has 1 heterocycles. The molecule has 5 nitrogen and oxygen atoms in total. The normalized spacial score (nSPS) is 15.9. The number of carbonyl (C=O) groups excluding carboxylic acids is 1. The SMILES string of the molecule is NCc1ccc(OCC(=O)NC2CCOCC2)cc1Cl. The molecule has 6 heteroatoms. The van der Waals surface area contributed by atoms with E-state index in [1.165, 1.54) is 0 Å². The van der Waals surface area contributed by atoms with Crippen molar-refractivity contribution in [3.63, 3.8) is 0 Å². The Kier molecular flexibility index (Phi) is 5.64. The number of amides is 1. The standard InChI is InChI=1S/C14H19ClN2O3/c15-13-7-12(2-1-10(13)8-16)20-9-14(18)17-11-3-5-19-6-4-11/h1-2,7,11H,3-6,8-9,16H2,(H,17,18). The van der Waals surface area contributed by atoms with Crippen LogP contribution in [0.5, 0.6) is 5.75 Å². The predicted octanol–water partition coefficient (Wildman–Crippen LogP) is 1.47. The summed E-state index contributed by atoms with van der Waals surface area (Å²) in [5.41, 5.74) is 6.38. The van der Waals surface area contributed by atoms with E-state index in [0.29, 0.717) is 30.5 Å². The first-order valence-corrected chi connectivity index (χ1v) is 7.05. The van der Waals surface area contributed by atoms with Gasteiger partial charge in [0.2, 0.25) is 0 Å². The number of benzene rings is 1. The van der Waals surface area contributed by atoms with E-state index in [-0.39, 0.29) is 18.6 Å². The Bertz CT molecular complexity index is 462. The molecule has 1 amide bonds. The second-order valence-corrected chi connectivity index (χ2v) is 5.11. The van der Waals surface area contributed by atoms with Crippen LogP contribution in [-0.4, -0.2) is 31.8 Å². The highest BCUT2D eigenvalue weighted by atomic mass is 35.5. The van der Waals surface area contributed by atoms with Crippen molar-refractivity contribution in [2.75, 3.05) is 19.8 Å². The number of halogens is 1. The first-order chi connectivity index (χ1) is 9.69. The van der Waals surface area contributed by atoms with Crippen LogP contribution in [-0.2, 0) is 16.1 Å². The fourth-order valence-corrected chi connectivity index (χ4v) is 2.29. The molecule has 2 rings (SSSR count). The highest BCUT2D eigenvalue weighted by Gasteiger charge is 2.16. The van der Waals surface area contributed by atoms with E-state index in [0.717, 1.165) is 18.4 Å². The second-order valence-electron chi connectivity index (χ2n) is 4.70. The molecule has 0 aromatic heterocycles. The molecule has 0 bridgehead atoms. The van der Waals surface area contributed by atoms with Gasteiger partial charge in [-0.1, -0.05) is 17.7 Å². The van der Waals surface area contributed by atoms with Crippen LogP contribution in [0.15, 0.2) is 18.2 Å². The first-order valence-electron chi connectivity index (χ1n) is 6.67. The van der Waals surface area contributed by atoms with E-state index in [2.05, 4.69) is 5.32 Å². The molecule has 110 valence electrons. The van der Waals surface area contributed by atoms with Crippen LogP contribution >= 0.6 is 11.6 Å². The van der Waals surface area contributed by atoms with Gasteiger partial charge in [0.25, 0.3) is 5.91 Å². The summed E-state index contributed by atoms with van der Waals surface area (Å²) in [6.07, 6.45) is 1.70. The predicted molar refractivity (Wildman–Crippen MR) is 76.8 cm³/mol. The van der Waals surface area contributed by atoms with Gasteiger partial charge in [0.05, 0.1) is 0 Å². The lowest BCUT2D eigenvalue weighted by Crippen LogP contribution is -2.41. The number of hydrogen-bond acceptors (Lipinski definition) is 4. The van der Waals surface area contributed by atoms with Crippen molar-refractivity contribution < 1.29 is 14.3 Å². The van der Waals surface area contributed by atoms with Crippen LogP contribution in [0.2, 0.25) is 5.02 Å². The number of rotatable bonds is 5. The van der Waals surface area contributed by atoms with Crippen molar-refractivity contribution in [2.24, 2.45) is 5.73 Å². The lowest BCUT2D eigenvalue weighted by atomic mass is 10.1. The molecule has 1 aliphatic heterocycles. The molecule has 20 heavy (non-hydrogen) atoms. The van der Waals surface area contributed by atoms with Gasteiger partial charge in [-0.3, -0.25) is 4.79 Å². The molecule has 0 unspecified atom stereocenters. The summed E-state index contributed by atoms with van der Waals surface area (Å²) in [6.45, 7) is 1.75. The maximum atomic E-state index is 11.8. The summed E-state index contributed by atoms with van der Waals surface area (Å²) < 4.78 is 10.7. The maximum absolute atomic E-state index is 11.8. The van der Waals surface area contributed by atoms with E-state index >= 15 is 0 Å². The van der Waals surface area contributed by atoms with Crippen LogP contribution in [0, 0.1) is 0 Å². The van der Waals surface area contributed by atoms with Crippen LogP contribution in [0.1, 0.15) is 18.4 Å². The molecular weight excluding hydrogens is 280 g/mol. The molecule has 0 aliphatic carbocycles. The third-order valence-electron chi connectivity index (χ3n) is 3.20. The van der Waals surface area contributed by atoms with Gasteiger partial charge in [0, 0.05) is 30.8 Å². The van der Waals surface area contributed by atoms with Crippen molar-refractivity contribution >= 4 is 17.5 Å². The minimum atomic E-state index is -0.129. The summed E-state index contributed by atoms with van der Waals surface area (Å²) in [5.74, 6) is 0.435. The van der Waals surface area contributed by atoms with E-state index in [1.54, 1.807) is 18.2 Å². The van der Waals surface area contributed by atoms with Gasteiger partial charge in [0.15, 0.2) is 6.61 Å². The van der Waals surface area contributed by atoms with Gasteiger partial charge in [-0.2, -0.15) is 0 Å². The molecule has 3 N–H and O–H groups in total. The molecule has 0 atom stereocenters. The summed E-state index contributed by atoms with van der Waals surface area (Å²) in [7, 11) is 0. The highest BCUT2D eigenvalue weighted by molar-refractivity contribution is 6.31. The van der Waals surface area contributed by atoms with Gasteiger partial charge < -0.3 is 20.5 Å². The molecule has 1 aromatic rings. The molecule has 0 radical (unpaired) electrons. The molecule has 1 fully saturated rings. The highest BCUT2D eigenvalue weighted by Crippen LogP contribution is 2.22. The van der Waals surface area contributed by atoms with Crippen LogP contribution in [0.25, 0.3) is 0 Å². The van der Waals surface area contributed by atoms with E-state index < -0.39 is 0 Å².